The molecular weight excluding hydrogens is 368 g/mol. The Morgan fingerprint density at radius 3 is 2.72 bits per heavy atom. The minimum Gasteiger partial charge on any atom is -0.497 e. The molecule has 162 valence electrons. The Balaban J connectivity index is 1.36. The van der Waals surface area contributed by atoms with Crippen LogP contribution in [-0.4, -0.2) is 94.4 Å². The maximum absolute atomic E-state index is 12.4. The molecule has 0 aliphatic carbocycles. The van der Waals surface area contributed by atoms with Gasteiger partial charge in [0.25, 0.3) is 0 Å². The van der Waals surface area contributed by atoms with E-state index in [-0.39, 0.29) is 12.0 Å². The lowest BCUT2D eigenvalue weighted by Gasteiger charge is -2.36. The number of nitrogens with one attached hydrogen (secondary N) is 1. The molecule has 2 aliphatic rings. The van der Waals surface area contributed by atoms with Crippen LogP contribution in [0.1, 0.15) is 13.8 Å². The fraction of sp³-hybridized carbons (Fsp3) is 0.682. The van der Waals surface area contributed by atoms with Crippen LogP contribution < -0.4 is 15.0 Å². The highest BCUT2D eigenvalue weighted by molar-refractivity contribution is 5.78. The Morgan fingerprint density at radius 2 is 2.00 bits per heavy atom. The van der Waals surface area contributed by atoms with Crippen molar-refractivity contribution in [2.75, 3.05) is 77.5 Å². The van der Waals surface area contributed by atoms with Crippen LogP contribution in [0.4, 0.5) is 5.69 Å². The number of benzene rings is 1. The van der Waals surface area contributed by atoms with Gasteiger partial charge in [0.05, 0.1) is 26.4 Å². The minimum atomic E-state index is 0.0874. The van der Waals surface area contributed by atoms with Crippen LogP contribution in [0.3, 0.4) is 0 Å². The predicted molar refractivity (Wildman–Crippen MR) is 116 cm³/mol. The maximum Gasteiger partial charge on any atom is 0.234 e. The SMILES string of the molecule is COc1cccc(N2CCN(CC(=O)NCC3CN(CC(C)C)CCO3)CC2)c1. The number of methoxy groups -OCH3 is 1. The summed E-state index contributed by atoms with van der Waals surface area (Å²) in [5.74, 6) is 1.62. The number of rotatable bonds is 8. The topological polar surface area (TPSA) is 57.3 Å². The van der Waals surface area contributed by atoms with E-state index in [0.717, 1.165) is 58.2 Å². The number of anilines is 1. The average molecular weight is 405 g/mol. The van der Waals surface area contributed by atoms with Gasteiger partial charge in [0.15, 0.2) is 0 Å². The third-order valence-corrected chi connectivity index (χ3v) is 5.53. The van der Waals surface area contributed by atoms with E-state index in [0.29, 0.717) is 19.0 Å². The van der Waals surface area contributed by atoms with Gasteiger partial charge in [-0.05, 0) is 18.1 Å². The van der Waals surface area contributed by atoms with Gasteiger partial charge in [0.1, 0.15) is 5.75 Å². The molecule has 0 spiro atoms. The average Bonchev–Trinajstić information content (AvgIpc) is 2.73. The summed E-state index contributed by atoms with van der Waals surface area (Å²) in [6.07, 6.45) is 0.0939. The molecule has 1 aromatic carbocycles. The first kappa shape index (κ1) is 21.9. The number of hydrogen-bond acceptors (Lipinski definition) is 6. The van der Waals surface area contributed by atoms with Crippen molar-refractivity contribution in [3.63, 3.8) is 0 Å². The second kappa shape index (κ2) is 10.8. The molecule has 0 radical (unpaired) electrons. The Kier molecular flexibility index (Phi) is 8.15. The van der Waals surface area contributed by atoms with Gasteiger partial charge in [-0.2, -0.15) is 0 Å². The molecular formula is C22H36N4O3. The van der Waals surface area contributed by atoms with Crippen molar-refractivity contribution in [1.82, 2.24) is 15.1 Å². The number of carbonyl (C=O) groups is 1. The number of ether oxygens (including phenoxy) is 2. The first-order chi connectivity index (χ1) is 14.0. The normalized spacial score (nSPS) is 21.4. The predicted octanol–water partition coefficient (Wildman–Crippen LogP) is 1.29. The quantitative estimate of drug-likeness (QED) is 0.705. The largest absolute Gasteiger partial charge is 0.497 e. The van der Waals surface area contributed by atoms with Crippen LogP contribution in [-0.2, 0) is 9.53 Å². The third-order valence-electron chi connectivity index (χ3n) is 5.53. The number of piperazine rings is 1. The Hall–Kier alpha value is -1.83. The lowest BCUT2D eigenvalue weighted by Crippen LogP contribution is -2.51. The molecule has 0 aromatic heterocycles. The van der Waals surface area contributed by atoms with E-state index in [1.165, 1.54) is 5.69 Å². The smallest absolute Gasteiger partial charge is 0.234 e. The molecule has 2 saturated heterocycles. The summed E-state index contributed by atoms with van der Waals surface area (Å²) in [7, 11) is 1.69. The molecule has 0 bridgehead atoms. The van der Waals surface area contributed by atoms with Crippen LogP contribution >= 0.6 is 0 Å². The summed E-state index contributed by atoms with van der Waals surface area (Å²) in [4.78, 5) is 19.4. The van der Waals surface area contributed by atoms with E-state index in [4.69, 9.17) is 9.47 Å². The van der Waals surface area contributed by atoms with E-state index in [1.54, 1.807) is 7.11 Å². The van der Waals surface area contributed by atoms with Gasteiger partial charge >= 0.3 is 0 Å². The van der Waals surface area contributed by atoms with Gasteiger partial charge in [-0.15, -0.1) is 0 Å². The summed E-state index contributed by atoms with van der Waals surface area (Å²) in [6, 6.07) is 8.15. The number of morpholine rings is 1. The van der Waals surface area contributed by atoms with Crippen LogP contribution in [0.5, 0.6) is 5.75 Å². The summed E-state index contributed by atoms with van der Waals surface area (Å²) in [5.41, 5.74) is 1.17. The zero-order valence-electron chi connectivity index (χ0n) is 18.1. The highest BCUT2D eigenvalue weighted by atomic mass is 16.5. The number of amides is 1. The second-order valence-electron chi connectivity index (χ2n) is 8.41. The van der Waals surface area contributed by atoms with E-state index in [1.807, 2.05) is 12.1 Å². The number of hydrogen-bond donors (Lipinski definition) is 1. The molecule has 7 heteroatoms. The molecule has 7 nitrogen and oxygen atoms in total. The first-order valence-electron chi connectivity index (χ1n) is 10.8. The van der Waals surface area contributed by atoms with Crippen molar-refractivity contribution in [2.45, 2.75) is 20.0 Å². The molecule has 0 saturated carbocycles. The molecule has 1 aromatic rings. The molecule has 1 unspecified atom stereocenters. The summed E-state index contributed by atoms with van der Waals surface area (Å²) >= 11 is 0. The summed E-state index contributed by atoms with van der Waals surface area (Å²) in [5, 5.41) is 3.07. The molecule has 2 fully saturated rings. The number of nitrogens with zero attached hydrogens (tertiary/aromatic N) is 3. The van der Waals surface area contributed by atoms with Gasteiger partial charge in [0, 0.05) is 64.1 Å². The molecule has 1 N–H and O–H groups in total. The van der Waals surface area contributed by atoms with Crippen molar-refractivity contribution >= 4 is 11.6 Å². The van der Waals surface area contributed by atoms with E-state index in [9.17, 15) is 4.79 Å². The highest BCUT2D eigenvalue weighted by Crippen LogP contribution is 2.22. The Bertz CT molecular complexity index is 647. The minimum absolute atomic E-state index is 0.0874. The van der Waals surface area contributed by atoms with Crippen molar-refractivity contribution in [3.05, 3.63) is 24.3 Å². The molecule has 1 amide bonds. The van der Waals surface area contributed by atoms with E-state index < -0.39 is 0 Å². The van der Waals surface area contributed by atoms with Gasteiger partial charge in [-0.25, -0.2) is 0 Å². The standard InChI is InChI=1S/C22H36N4O3/c1-18(2)15-25-11-12-29-21(16-25)14-23-22(27)17-24-7-9-26(10-8-24)19-5-4-6-20(13-19)28-3/h4-6,13,18,21H,7-12,14-17H2,1-3H3,(H,23,27). The van der Waals surface area contributed by atoms with Crippen molar-refractivity contribution in [2.24, 2.45) is 5.92 Å². The third kappa shape index (κ3) is 6.87. The zero-order chi connectivity index (χ0) is 20.6. The zero-order valence-corrected chi connectivity index (χ0v) is 18.1. The van der Waals surface area contributed by atoms with Gasteiger partial charge in [-0.1, -0.05) is 19.9 Å². The van der Waals surface area contributed by atoms with Crippen LogP contribution in [0, 0.1) is 5.92 Å². The van der Waals surface area contributed by atoms with E-state index in [2.05, 4.69) is 46.0 Å². The molecule has 2 heterocycles. The van der Waals surface area contributed by atoms with Crippen LogP contribution in [0.15, 0.2) is 24.3 Å². The lowest BCUT2D eigenvalue weighted by molar-refractivity contribution is -0.123. The van der Waals surface area contributed by atoms with Crippen molar-refractivity contribution in [3.8, 4) is 5.75 Å². The van der Waals surface area contributed by atoms with Crippen LogP contribution in [0.25, 0.3) is 0 Å². The fourth-order valence-corrected chi connectivity index (χ4v) is 4.04. The first-order valence-corrected chi connectivity index (χ1v) is 10.8. The maximum atomic E-state index is 12.4. The summed E-state index contributed by atoms with van der Waals surface area (Å²) < 4.78 is 11.1. The van der Waals surface area contributed by atoms with Gasteiger partial charge < -0.3 is 19.7 Å². The highest BCUT2D eigenvalue weighted by Gasteiger charge is 2.23. The van der Waals surface area contributed by atoms with Crippen LogP contribution in [0.2, 0.25) is 0 Å². The molecule has 2 aliphatic heterocycles. The van der Waals surface area contributed by atoms with Gasteiger partial charge in [-0.3, -0.25) is 14.6 Å². The van der Waals surface area contributed by atoms with E-state index >= 15 is 0 Å². The fourth-order valence-electron chi connectivity index (χ4n) is 4.04. The van der Waals surface area contributed by atoms with Gasteiger partial charge in [0.2, 0.25) is 5.91 Å². The molecule has 3 rings (SSSR count). The summed E-state index contributed by atoms with van der Waals surface area (Å²) in [6.45, 7) is 12.8. The molecule has 29 heavy (non-hydrogen) atoms. The number of carbonyl (C=O) groups excluding carboxylic acids is 1. The monoisotopic (exact) mass is 404 g/mol. The lowest BCUT2D eigenvalue weighted by atomic mass is 10.2. The second-order valence-corrected chi connectivity index (χ2v) is 8.41. The van der Waals surface area contributed by atoms with Crippen molar-refractivity contribution < 1.29 is 14.3 Å². The molecule has 1 atom stereocenters. The Labute approximate surface area is 174 Å². The van der Waals surface area contributed by atoms with Crippen molar-refractivity contribution in [1.29, 1.82) is 0 Å². The Morgan fingerprint density at radius 1 is 1.21 bits per heavy atom.